The predicted molar refractivity (Wildman–Crippen MR) is 51.2 cm³/mol. The van der Waals surface area contributed by atoms with E-state index in [4.69, 9.17) is 5.73 Å². The van der Waals surface area contributed by atoms with Crippen molar-refractivity contribution in [2.75, 3.05) is 6.54 Å². The highest BCUT2D eigenvalue weighted by molar-refractivity contribution is 5.71. The number of nitro benzene ring substituents is 1. The van der Waals surface area contributed by atoms with E-state index in [1.165, 1.54) is 6.07 Å². The average molecular weight is 178 g/mol. The third kappa shape index (κ3) is 1.91. The molecule has 1 aromatic rings. The number of nitro groups is 1. The molecule has 0 aliphatic carbocycles. The number of hydrogen-bond donors (Lipinski definition) is 1. The van der Waals surface area contributed by atoms with Gasteiger partial charge in [-0.15, -0.1) is 0 Å². The minimum absolute atomic E-state index is 0.0537. The molecule has 0 bridgehead atoms. The minimum atomic E-state index is -0.434. The van der Waals surface area contributed by atoms with E-state index < -0.39 is 4.92 Å². The molecule has 0 aliphatic rings. The van der Waals surface area contributed by atoms with Crippen molar-refractivity contribution in [1.29, 1.82) is 0 Å². The summed E-state index contributed by atoms with van der Waals surface area (Å²) in [6, 6.07) is 6.43. The van der Waals surface area contributed by atoms with E-state index in [0.29, 0.717) is 11.1 Å². The van der Waals surface area contributed by atoms with Crippen LogP contribution in [-0.4, -0.2) is 11.5 Å². The lowest BCUT2D eigenvalue weighted by Gasteiger charge is -2.02. The number of nitrogens with two attached hydrogens (primary N) is 1. The van der Waals surface area contributed by atoms with Gasteiger partial charge in [-0.05, 0) is 11.6 Å². The summed E-state index contributed by atoms with van der Waals surface area (Å²) in [5, 5.41) is 10.6. The smallest absolute Gasteiger partial charge is 0.276 e. The van der Waals surface area contributed by atoms with E-state index in [0.717, 1.165) is 0 Å². The van der Waals surface area contributed by atoms with Crippen LogP contribution >= 0.6 is 0 Å². The molecule has 4 nitrogen and oxygen atoms in total. The first-order valence-electron chi connectivity index (χ1n) is 3.78. The van der Waals surface area contributed by atoms with Gasteiger partial charge in [0, 0.05) is 12.6 Å². The molecular formula is C9H10N2O2. The summed E-state index contributed by atoms with van der Waals surface area (Å²) in [5.74, 6) is 0. The van der Waals surface area contributed by atoms with Crippen molar-refractivity contribution in [2.45, 2.75) is 0 Å². The second-order valence-electron chi connectivity index (χ2n) is 2.58. The van der Waals surface area contributed by atoms with Crippen LogP contribution < -0.4 is 5.73 Å². The first-order chi connectivity index (χ1) is 6.16. The first-order valence-corrected chi connectivity index (χ1v) is 3.78. The molecule has 0 aliphatic heterocycles. The maximum atomic E-state index is 10.6. The van der Waals surface area contributed by atoms with Crippen LogP contribution in [0.5, 0.6) is 0 Å². The normalized spacial score (nSPS) is 9.62. The highest BCUT2D eigenvalue weighted by Crippen LogP contribution is 2.23. The van der Waals surface area contributed by atoms with E-state index in [1.807, 2.05) is 0 Å². The zero-order valence-electron chi connectivity index (χ0n) is 7.06. The Morgan fingerprint density at radius 3 is 2.69 bits per heavy atom. The molecule has 0 radical (unpaired) electrons. The molecule has 0 aromatic heterocycles. The van der Waals surface area contributed by atoms with Crippen molar-refractivity contribution in [3.63, 3.8) is 0 Å². The van der Waals surface area contributed by atoms with Crippen molar-refractivity contribution in [3.8, 4) is 0 Å². The largest absolute Gasteiger partial charge is 0.326 e. The monoisotopic (exact) mass is 178 g/mol. The topological polar surface area (TPSA) is 69.2 Å². The zero-order chi connectivity index (χ0) is 9.84. The van der Waals surface area contributed by atoms with Gasteiger partial charge in [0.2, 0.25) is 0 Å². The Bertz CT molecular complexity index is 347. The second kappa shape index (κ2) is 3.82. The molecule has 0 saturated heterocycles. The maximum Gasteiger partial charge on any atom is 0.276 e. The number of benzene rings is 1. The quantitative estimate of drug-likeness (QED) is 0.564. The number of para-hydroxylation sites is 1. The lowest BCUT2D eigenvalue weighted by molar-refractivity contribution is -0.385. The maximum absolute atomic E-state index is 10.6. The molecule has 0 atom stereocenters. The van der Waals surface area contributed by atoms with Crippen molar-refractivity contribution in [1.82, 2.24) is 0 Å². The molecule has 68 valence electrons. The molecule has 0 spiro atoms. The standard InChI is InChI=1S/C9H10N2O2/c1-7(6-10)8-4-2-3-5-9(8)11(12)13/h2-5H,1,6,10H2. The van der Waals surface area contributed by atoms with Gasteiger partial charge in [0.15, 0.2) is 0 Å². The molecular weight excluding hydrogens is 168 g/mol. The summed E-state index contributed by atoms with van der Waals surface area (Å²) in [6.45, 7) is 3.88. The van der Waals surface area contributed by atoms with Gasteiger partial charge in [-0.1, -0.05) is 18.7 Å². The van der Waals surface area contributed by atoms with E-state index in [9.17, 15) is 10.1 Å². The van der Waals surface area contributed by atoms with Crippen molar-refractivity contribution in [2.24, 2.45) is 5.73 Å². The molecule has 4 heteroatoms. The predicted octanol–water partition coefficient (Wildman–Crippen LogP) is 1.57. The van der Waals surface area contributed by atoms with Crippen LogP contribution in [-0.2, 0) is 0 Å². The molecule has 0 unspecified atom stereocenters. The van der Waals surface area contributed by atoms with Crippen LogP contribution in [0.1, 0.15) is 5.56 Å². The third-order valence-electron chi connectivity index (χ3n) is 1.73. The molecule has 0 saturated carbocycles. The summed E-state index contributed by atoms with van der Waals surface area (Å²) >= 11 is 0. The molecule has 0 heterocycles. The minimum Gasteiger partial charge on any atom is -0.326 e. The average Bonchev–Trinajstić information content (AvgIpc) is 2.16. The van der Waals surface area contributed by atoms with E-state index in [-0.39, 0.29) is 12.2 Å². The second-order valence-corrected chi connectivity index (χ2v) is 2.58. The Morgan fingerprint density at radius 2 is 2.15 bits per heavy atom. The van der Waals surface area contributed by atoms with E-state index in [2.05, 4.69) is 6.58 Å². The Kier molecular flexibility index (Phi) is 2.76. The fourth-order valence-electron chi connectivity index (χ4n) is 1.04. The van der Waals surface area contributed by atoms with Crippen LogP contribution in [0.3, 0.4) is 0 Å². The van der Waals surface area contributed by atoms with Gasteiger partial charge in [-0.3, -0.25) is 10.1 Å². The fraction of sp³-hybridized carbons (Fsp3) is 0.111. The fourth-order valence-corrected chi connectivity index (χ4v) is 1.04. The number of hydrogen-bond acceptors (Lipinski definition) is 3. The lowest BCUT2D eigenvalue weighted by atomic mass is 10.1. The van der Waals surface area contributed by atoms with Gasteiger partial charge in [0.1, 0.15) is 0 Å². The van der Waals surface area contributed by atoms with Crippen molar-refractivity contribution < 1.29 is 4.92 Å². The summed E-state index contributed by atoms with van der Waals surface area (Å²) in [5.41, 5.74) is 6.49. The summed E-state index contributed by atoms with van der Waals surface area (Å²) in [4.78, 5) is 10.1. The van der Waals surface area contributed by atoms with Gasteiger partial charge in [-0.2, -0.15) is 0 Å². The summed E-state index contributed by atoms with van der Waals surface area (Å²) in [7, 11) is 0. The SMILES string of the molecule is C=C(CN)c1ccccc1[N+](=O)[O-]. The number of rotatable bonds is 3. The van der Waals surface area contributed by atoms with Crippen LogP contribution in [0.15, 0.2) is 30.8 Å². The van der Waals surface area contributed by atoms with Gasteiger partial charge in [0.05, 0.1) is 10.5 Å². The van der Waals surface area contributed by atoms with Crippen LogP contribution in [0, 0.1) is 10.1 Å². The highest BCUT2D eigenvalue weighted by Gasteiger charge is 2.13. The zero-order valence-corrected chi connectivity index (χ0v) is 7.06. The van der Waals surface area contributed by atoms with Gasteiger partial charge in [0.25, 0.3) is 5.69 Å². The molecule has 2 N–H and O–H groups in total. The first kappa shape index (κ1) is 9.41. The van der Waals surface area contributed by atoms with Crippen molar-refractivity contribution in [3.05, 3.63) is 46.5 Å². The Hall–Kier alpha value is -1.68. The Morgan fingerprint density at radius 1 is 1.54 bits per heavy atom. The summed E-state index contributed by atoms with van der Waals surface area (Å²) in [6.07, 6.45) is 0. The molecule has 13 heavy (non-hydrogen) atoms. The molecule has 0 amide bonds. The van der Waals surface area contributed by atoms with E-state index in [1.54, 1.807) is 18.2 Å². The number of nitrogens with zero attached hydrogens (tertiary/aromatic N) is 1. The van der Waals surface area contributed by atoms with Gasteiger partial charge < -0.3 is 5.73 Å². The summed E-state index contributed by atoms with van der Waals surface area (Å²) < 4.78 is 0. The highest BCUT2D eigenvalue weighted by atomic mass is 16.6. The molecule has 1 aromatic carbocycles. The molecule has 0 fully saturated rings. The molecule has 1 rings (SSSR count). The third-order valence-corrected chi connectivity index (χ3v) is 1.73. The van der Waals surface area contributed by atoms with Gasteiger partial charge >= 0.3 is 0 Å². The Labute approximate surface area is 75.8 Å². The Balaban J connectivity index is 3.19. The van der Waals surface area contributed by atoms with Crippen LogP contribution in [0.25, 0.3) is 5.57 Å². The van der Waals surface area contributed by atoms with Crippen LogP contribution in [0.2, 0.25) is 0 Å². The van der Waals surface area contributed by atoms with E-state index >= 15 is 0 Å². The van der Waals surface area contributed by atoms with Crippen LogP contribution in [0.4, 0.5) is 5.69 Å². The van der Waals surface area contributed by atoms with Crippen molar-refractivity contribution >= 4 is 11.3 Å². The lowest BCUT2D eigenvalue weighted by Crippen LogP contribution is -2.03. The van der Waals surface area contributed by atoms with Gasteiger partial charge in [-0.25, -0.2) is 0 Å².